The van der Waals surface area contributed by atoms with Crippen LogP contribution in [0.3, 0.4) is 0 Å². The first kappa shape index (κ1) is 18.7. The van der Waals surface area contributed by atoms with Gasteiger partial charge in [-0.3, -0.25) is 9.13 Å². The van der Waals surface area contributed by atoms with Gasteiger partial charge in [-0.05, 0) is 42.4 Å². The molecule has 0 aliphatic carbocycles. The van der Waals surface area contributed by atoms with Crippen molar-refractivity contribution < 1.29 is 16.4 Å². The smallest absolute Gasteiger partial charge is 0.237 e. The summed E-state index contributed by atoms with van der Waals surface area (Å²) in [5, 5.41) is 3.11. The van der Waals surface area contributed by atoms with Crippen LogP contribution < -0.4 is 0 Å². The topological polar surface area (TPSA) is 40.6 Å². The van der Waals surface area contributed by atoms with Crippen LogP contribution in [0.2, 0.25) is 0 Å². The van der Waals surface area contributed by atoms with Crippen LogP contribution in [0.25, 0.3) is 94.1 Å². The minimum Gasteiger partial charge on any atom is -0.309 e. The highest BCUT2D eigenvalue weighted by atomic mass is 15.2. The Labute approximate surface area is 309 Å². The second-order valence-electron chi connectivity index (χ2n) is 12.2. The first-order chi connectivity index (χ1) is 30.3. The number of benzene rings is 7. The summed E-state index contributed by atoms with van der Waals surface area (Å²) in [7, 11) is 0. The molecule has 0 aliphatic heterocycles. The van der Waals surface area contributed by atoms with Crippen molar-refractivity contribution in [3.63, 3.8) is 0 Å². The summed E-state index contributed by atoms with van der Waals surface area (Å²) < 4.78 is 113. The molecule has 0 radical (unpaired) electrons. The van der Waals surface area contributed by atoms with Gasteiger partial charge >= 0.3 is 0 Å². The third-order valence-electron chi connectivity index (χ3n) is 9.47. The maximum absolute atomic E-state index is 9.59. The lowest BCUT2D eigenvalue weighted by atomic mass is 10.1. The van der Waals surface area contributed by atoms with Crippen molar-refractivity contribution >= 4 is 65.4 Å². The van der Waals surface area contributed by atoms with Crippen molar-refractivity contribution in [2.75, 3.05) is 0 Å². The molecule has 0 bridgehead atoms. The Hall–Kier alpha value is -6.98. The Morgan fingerprint density at radius 3 is 1.45 bits per heavy atom. The maximum atomic E-state index is 9.59. The van der Waals surface area contributed by atoms with Crippen LogP contribution in [-0.2, 0) is 0 Å². The summed E-state index contributed by atoms with van der Waals surface area (Å²) >= 11 is 0. The third-order valence-corrected chi connectivity index (χ3v) is 9.47. The van der Waals surface area contributed by atoms with Gasteiger partial charge in [0, 0.05) is 43.9 Å². The van der Waals surface area contributed by atoms with E-state index in [1.807, 2.05) is 48.5 Å². The first-order valence-corrected chi connectivity index (χ1v) is 16.3. The summed E-state index contributed by atoms with van der Waals surface area (Å²) in [5.74, 6) is -0.0790. The molecule has 238 valence electrons. The van der Waals surface area contributed by atoms with Crippen molar-refractivity contribution in [1.82, 2.24) is 23.7 Å². The lowest BCUT2D eigenvalue weighted by Gasteiger charge is -2.16. The first-order valence-electron chi connectivity index (χ1n) is 22.3. The largest absolute Gasteiger partial charge is 0.309 e. The van der Waals surface area contributed by atoms with E-state index < -0.39 is 42.3 Å². The Morgan fingerprint density at radius 2 is 0.843 bits per heavy atom. The Kier molecular flexibility index (Phi) is 3.94. The van der Waals surface area contributed by atoms with Crippen LogP contribution in [0.15, 0.2) is 176 Å². The van der Waals surface area contributed by atoms with E-state index in [-0.39, 0.29) is 80.7 Å². The predicted octanol–water partition coefficient (Wildman–Crippen LogP) is 11.4. The number of nitrogens with zero attached hydrogens (tertiary/aromatic N) is 5. The van der Waals surface area contributed by atoms with E-state index in [9.17, 15) is 5.48 Å². The van der Waals surface area contributed by atoms with E-state index in [1.54, 1.807) is 57.7 Å². The molecule has 11 rings (SSSR count). The number of fused-ring (bicyclic) bond motifs is 9. The van der Waals surface area contributed by atoms with Gasteiger partial charge in [0.15, 0.2) is 0 Å². The molecule has 0 saturated carbocycles. The molecule has 0 amide bonds. The van der Waals surface area contributed by atoms with E-state index in [0.717, 1.165) is 10.8 Å². The summed E-state index contributed by atoms with van der Waals surface area (Å²) in [4.78, 5) is 10.2. The van der Waals surface area contributed by atoms with Gasteiger partial charge in [-0.25, -0.2) is 4.98 Å². The van der Waals surface area contributed by atoms with Gasteiger partial charge in [0.2, 0.25) is 5.95 Å². The molecule has 0 unspecified atom stereocenters. The predicted molar refractivity (Wildman–Crippen MR) is 210 cm³/mol. The van der Waals surface area contributed by atoms with Gasteiger partial charge in [-0.2, -0.15) is 4.98 Å². The third kappa shape index (κ3) is 4.03. The molecule has 0 atom stereocenters. The quantitative estimate of drug-likeness (QED) is 0.188. The molecule has 7 aromatic carbocycles. The maximum Gasteiger partial charge on any atom is 0.237 e. The summed E-state index contributed by atoms with van der Waals surface area (Å²) in [5.41, 5.74) is 2.43. The summed E-state index contributed by atoms with van der Waals surface area (Å²) in [6, 6.07) is 25.7. The number of hydrogen-bond acceptors (Lipinski definition) is 2. The zero-order chi connectivity index (χ0) is 43.9. The Balaban J connectivity index is 1.37. The molecular weight excluding hydrogens is 623 g/mol. The fourth-order valence-electron chi connectivity index (χ4n) is 7.37. The van der Waals surface area contributed by atoms with Crippen LogP contribution in [0, 0.1) is 0 Å². The molecule has 5 heteroatoms. The van der Waals surface area contributed by atoms with Gasteiger partial charge in [-0.1, -0.05) is 127 Å². The van der Waals surface area contributed by atoms with Crippen molar-refractivity contribution in [2.24, 2.45) is 0 Å². The SMILES string of the molecule is [2H]c1c([2H])c([2H])c(-n2c3ccccc3c3ccccc32)c(-c2cc(-n3c4ccccc4c4c([2H])c([2H])c([2H])c([2H])c43)nc(-n3c4ccccc4c4c([2H])c([2H])c([2H])c([2H])c43)n2)c1[2H]. The molecule has 0 aliphatic rings. The fourth-order valence-corrected chi connectivity index (χ4v) is 7.37. The molecule has 11 aromatic rings. The van der Waals surface area contributed by atoms with Gasteiger partial charge in [0.05, 0.1) is 60.9 Å². The molecule has 0 spiro atoms. The molecule has 5 nitrogen and oxygen atoms in total. The van der Waals surface area contributed by atoms with Crippen molar-refractivity contribution in [3.8, 4) is 28.7 Å². The highest BCUT2D eigenvalue weighted by molar-refractivity contribution is 6.11. The van der Waals surface area contributed by atoms with Crippen molar-refractivity contribution in [1.29, 1.82) is 0 Å². The highest BCUT2D eigenvalue weighted by Gasteiger charge is 2.21. The van der Waals surface area contributed by atoms with E-state index in [4.69, 9.17) is 20.9 Å². The van der Waals surface area contributed by atoms with E-state index in [1.165, 1.54) is 10.6 Å². The highest BCUT2D eigenvalue weighted by Crippen LogP contribution is 2.38. The average molecular weight is 664 g/mol. The molecule has 4 heterocycles. The lowest BCUT2D eigenvalue weighted by Crippen LogP contribution is -2.08. The molecule has 0 saturated heterocycles. The minimum absolute atomic E-state index is 0.00241. The molecule has 4 aromatic heterocycles. The number of rotatable bonds is 4. The second-order valence-corrected chi connectivity index (χ2v) is 12.2. The van der Waals surface area contributed by atoms with Gasteiger partial charge in [0.1, 0.15) is 5.82 Å². The number of aromatic nitrogens is 5. The van der Waals surface area contributed by atoms with E-state index in [0.29, 0.717) is 32.8 Å². The Bertz CT molecular complexity index is 3640. The monoisotopic (exact) mass is 663 g/mol. The molecular formula is C46H29N5. The van der Waals surface area contributed by atoms with Gasteiger partial charge < -0.3 is 4.57 Å². The fraction of sp³-hybridized carbons (Fsp3) is 0. The Morgan fingerprint density at radius 1 is 0.392 bits per heavy atom. The lowest BCUT2D eigenvalue weighted by molar-refractivity contribution is 0.951. The van der Waals surface area contributed by atoms with Crippen LogP contribution >= 0.6 is 0 Å². The molecule has 0 N–H and O–H groups in total. The zero-order valence-corrected chi connectivity index (χ0v) is 26.6. The number of hydrogen-bond donors (Lipinski definition) is 0. The summed E-state index contributed by atoms with van der Waals surface area (Å²) in [6.45, 7) is 0. The average Bonchev–Trinajstić information content (AvgIpc) is 3.96. The van der Waals surface area contributed by atoms with Crippen LogP contribution in [0.1, 0.15) is 16.4 Å². The standard InChI is InChI=1S/C46H29N5/c1-8-22-38-30(15-1)31-16-2-9-23-39(31)49(38)44-28-14-7-21-36(44)37-29-45(50-40-24-10-3-17-32(40)33-18-4-11-25-41(33)50)48-46(47-37)51-42-26-12-5-19-34(42)35-20-6-13-27-43(35)51/h1-29H/i3D,5D,7D,10D,12D,14D,17D,19D,21D,24D,26D,28D. The van der Waals surface area contributed by atoms with Crippen molar-refractivity contribution in [3.05, 3.63) is 176 Å². The van der Waals surface area contributed by atoms with E-state index >= 15 is 0 Å². The summed E-state index contributed by atoms with van der Waals surface area (Å²) in [6.07, 6.45) is 0. The normalized spacial score (nSPS) is 15.2. The minimum atomic E-state index is -0.529. The molecule has 51 heavy (non-hydrogen) atoms. The van der Waals surface area contributed by atoms with E-state index in [2.05, 4.69) is 0 Å². The van der Waals surface area contributed by atoms with Gasteiger partial charge in [0.25, 0.3) is 0 Å². The van der Waals surface area contributed by atoms with Crippen LogP contribution in [-0.4, -0.2) is 23.7 Å². The van der Waals surface area contributed by atoms with Crippen LogP contribution in [0.4, 0.5) is 0 Å². The van der Waals surface area contributed by atoms with Crippen LogP contribution in [0.5, 0.6) is 0 Å². The zero-order valence-electron chi connectivity index (χ0n) is 38.6. The molecule has 0 fully saturated rings. The number of para-hydroxylation sites is 7. The second kappa shape index (κ2) is 10.8. The van der Waals surface area contributed by atoms with Gasteiger partial charge in [-0.15, -0.1) is 0 Å². The van der Waals surface area contributed by atoms with Crippen molar-refractivity contribution in [2.45, 2.75) is 0 Å².